The number of nitrogens with two attached hydrogens (primary N) is 1. The van der Waals surface area contributed by atoms with Gasteiger partial charge in [-0.15, -0.1) is 11.3 Å². The molecule has 1 aromatic rings. The van der Waals surface area contributed by atoms with Crippen LogP contribution in [-0.2, 0) is 0 Å². The van der Waals surface area contributed by atoms with Gasteiger partial charge in [0, 0.05) is 15.4 Å². The van der Waals surface area contributed by atoms with E-state index in [4.69, 9.17) is 17.3 Å². The first-order chi connectivity index (χ1) is 9.11. The van der Waals surface area contributed by atoms with E-state index in [0.29, 0.717) is 5.92 Å². The van der Waals surface area contributed by atoms with Crippen LogP contribution in [0.2, 0.25) is 4.34 Å². The van der Waals surface area contributed by atoms with Crippen LogP contribution >= 0.6 is 38.9 Å². The van der Waals surface area contributed by atoms with E-state index >= 15 is 0 Å². The number of unbranched alkanes of at least 4 members (excludes halogenated alkanes) is 1. The van der Waals surface area contributed by atoms with E-state index < -0.39 is 0 Å². The van der Waals surface area contributed by atoms with Gasteiger partial charge in [0.2, 0.25) is 0 Å². The summed E-state index contributed by atoms with van der Waals surface area (Å²) in [4.78, 5) is 1.23. The van der Waals surface area contributed by atoms with Gasteiger partial charge < -0.3 is 5.73 Å². The molecule has 0 aliphatic heterocycles. The summed E-state index contributed by atoms with van der Waals surface area (Å²) in [6.45, 7) is 2.28. The fourth-order valence-electron chi connectivity index (χ4n) is 3.09. The summed E-state index contributed by atoms with van der Waals surface area (Å²) >= 11 is 11.2. The van der Waals surface area contributed by atoms with E-state index in [2.05, 4.69) is 28.9 Å². The molecule has 1 aliphatic rings. The molecular weight excluding hydrogens is 342 g/mol. The van der Waals surface area contributed by atoms with Crippen molar-refractivity contribution >= 4 is 38.9 Å². The fourth-order valence-corrected chi connectivity index (χ4v) is 4.92. The molecule has 2 rings (SSSR count). The minimum absolute atomic E-state index is 0.168. The van der Waals surface area contributed by atoms with Gasteiger partial charge in [0.05, 0.1) is 0 Å². The highest BCUT2D eigenvalue weighted by Crippen LogP contribution is 2.42. The van der Waals surface area contributed by atoms with Crippen LogP contribution in [0, 0.1) is 11.8 Å². The van der Waals surface area contributed by atoms with E-state index in [1.54, 1.807) is 11.3 Å². The van der Waals surface area contributed by atoms with Crippen molar-refractivity contribution in [2.24, 2.45) is 17.6 Å². The quantitative estimate of drug-likeness (QED) is 0.665. The normalized spacial score (nSPS) is 25.5. The van der Waals surface area contributed by atoms with Crippen molar-refractivity contribution in [2.75, 3.05) is 0 Å². The molecule has 1 atom stereocenters. The van der Waals surface area contributed by atoms with E-state index in [9.17, 15) is 0 Å². The highest BCUT2D eigenvalue weighted by Gasteiger charge is 2.27. The molecule has 108 valence electrons. The predicted octanol–water partition coefficient (Wildman–Crippen LogP) is 6.16. The molecule has 0 spiro atoms. The average molecular weight is 365 g/mol. The Bertz CT molecular complexity index is 379. The Morgan fingerprint density at radius 3 is 2.63 bits per heavy atom. The Hall–Kier alpha value is 0.430. The first-order valence-corrected chi connectivity index (χ1v) is 9.30. The zero-order valence-electron chi connectivity index (χ0n) is 11.5. The first kappa shape index (κ1) is 15.8. The van der Waals surface area contributed by atoms with Crippen LogP contribution in [0.1, 0.15) is 62.8 Å². The largest absolute Gasteiger partial charge is 0.323 e. The van der Waals surface area contributed by atoms with E-state index in [1.165, 1.54) is 49.8 Å². The first-order valence-electron chi connectivity index (χ1n) is 7.32. The number of halogens is 2. The van der Waals surface area contributed by atoms with Crippen molar-refractivity contribution in [3.8, 4) is 0 Å². The molecule has 0 aromatic carbocycles. The fraction of sp³-hybridized carbons (Fsp3) is 0.733. The lowest BCUT2D eigenvalue weighted by atomic mass is 9.77. The smallest absolute Gasteiger partial charge is 0.107 e. The minimum Gasteiger partial charge on any atom is -0.323 e. The van der Waals surface area contributed by atoms with Gasteiger partial charge in [0.1, 0.15) is 4.34 Å². The van der Waals surface area contributed by atoms with Crippen LogP contribution in [-0.4, -0.2) is 0 Å². The third kappa shape index (κ3) is 4.20. The van der Waals surface area contributed by atoms with Gasteiger partial charge in [0.15, 0.2) is 0 Å². The van der Waals surface area contributed by atoms with Gasteiger partial charge >= 0.3 is 0 Å². The molecule has 2 N–H and O–H groups in total. The Labute approximate surface area is 134 Å². The van der Waals surface area contributed by atoms with Crippen LogP contribution in [0.25, 0.3) is 0 Å². The lowest BCUT2D eigenvalue weighted by Crippen LogP contribution is -2.25. The van der Waals surface area contributed by atoms with E-state index in [-0.39, 0.29) is 6.04 Å². The number of hydrogen-bond acceptors (Lipinski definition) is 2. The zero-order valence-corrected chi connectivity index (χ0v) is 14.7. The topological polar surface area (TPSA) is 26.0 Å². The second-order valence-electron chi connectivity index (χ2n) is 5.72. The molecule has 4 heteroatoms. The molecule has 1 aromatic heterocycles. The summed E-state index contributed by atoms with van der Waals surface area (Å²) in [5, 5.41) is 0. The van der Waals surface area contributed by atoms with Gasteiger partial charge in [0.25, 0.3) is 0 Å². The van der Waals surface area contributed by atoms with Gasteiger partial charge in [-0.3, -0.25) is 0 Å². The maximum absolute atomic E-state index is 6.43. The van der Waals surface area contributed by atoms with Crippen molar-refractivity contribution < 1.29 is 0 Å². The maximum atomic E-state index is 6.43. The predicted molar refractivity (Wildman–Crippen MR) is 88.9 cm³/mol. The lowest BCUT2D eigenvalue weighted by molar-refractivity contribution is 0.234. The third-order valence-electron chi connectivity index (χ3n) is 4.36. The molecule has 0 radical (unpaired) electrons. The molecular formula is C15H23BrClNS. The van der Waals surface area contributed by atoms with E-state index in [1.807, 2.05) is 0 Å². The van der Waals surface area contributed by atoms with Crippen molar-refractivity contribution in [2.45, 2.75) is 57.9 Å². The van der Waals surface area contributed by atoms with Crippen molar-refractivity contribution in [3.63, 3.8) is 0 Å². The van der Waals surface area contributed by atoms with Gasteiger partial charge in [-0.1, -0.05) is 50.6 Å². The van der Waals surface area contributed by atoms with Crippen molar-refractivity contribution in [1.29, 1.82) is 0 Å². The molecule has 1 nitrogen and oxygen atoms in total. The van der Waals surface area contributed by atoms with Gasteiger partial charge in [-0.25, -0.2) is 0 Å². The van der Waals surface area contributed by atoms with Gasteiger partial charge in [-0.2, -0.15) is 0 Å². The Balaban J connectivity index is 1.87. The Morgan fingerprint density at radius 1 is 1.42 bits per heavy atom. The standard InChI is InChI=1S/C15H23BrClNS/c1-2-3-4-10-5-7-11(8-6-10)14(18)13-9-12(16)15(17)19-13/h9-11,14H,2-8,18H2,1H3. The van der Waals surface area contributed by atoms with Crippen LogP contribution in [0.15, 0.2) is 10.5 Å². The lowest BCUT2D eigenvalue weighted by Gasteiger charge is -2.31. The SMILES string of the molecule is CCCCC1CCC(C(N)c2cc(Br)c(Cl)s2)CC1. The van der Waals surface area contributed by atoms with Gasteiger partial charge in [-0.05, 0) is 46.7 Å². The summed E-state index contributed by atoms with van der Waals surface area (Å²) in [6.07, 6.45) is 9.40. The second kappa shape index (κ2) is 7.44. The third-order valence-corrected chi connectivity index (χ3v) is 6.93. The van der Waals surface area contributed by atoms with Crippen LogP contribution in [0.5, 0.6) is 0 Å². The molecule has 1 saturated carbocycles. The number of thiophene rings is 1. The van der Waals surface area contributed by atoms with Crippen LogP contribution in [0.4, 0.5) is 0 Å². The molecule has 1 aliphatic carbocycles. The number of rotatable bonds is 5. The molecule has 1 heterocycles. The molecule has 1 unspecified atom stereocenters. The van der Waals surface area contributed by atoms with Crippen molar-refractivity contribution in [3.05, 3.63) is 19.8 Å². The molecule has 0 amide bonds. The Morgan fingerprint density at radius 2 is 2.11 bits per heavy atom. The Kier molecular flexibility index (Phi) is 6.19. The van der Waals surface area contributed by atoms with Crippen LogP contribution in [0.3, 0.4) is 0 Å². The molecule has 1 fully saturated rings. The average Bonchev–Trinajstić information content (AvgIpc) is 2.76. The summed E-state index contributed by atoms with van der Waals surface area (Å²) in [5.74, 6) is 1.58. The second-order valence-corrected chi connectivity index (χ2v) is 8.26. The summed E-state index contributed by atoms with van der Waals surface area (Å²) in [5.41, 5.74) is 6.43. The minimum atomic E-state index is 0.168. The monoisotopic (exact) mass is 363 g/mol. The number of hydrogen-bond donors (Lipinski definition) is 1. The van der Waals surface area contributed by atoms with Crippen molar-refractivity contribution in [1.82, 2.24) is 0 Å². The summed E-state index contributed by atoms with van der Waals surface area (Å²) < 4.78 is 1.81. The molecule has 19 heavy (non-hydrogen) atoms. The highest BCUT2D eigenvalue weighted by molar-refractivity contribution is 9.10. The highest BCUT2D eigenvalue weighted by atomic mass is 79.9. The zero-order chi connectivity index (χ0) is 13.8. The summed E-state index contributed by atoms with van der Waals surface area (Å²) in [6, 6.07) is 2.27. The maximum Gasteiger partial charge on any atom is 0.107 e. The molecule has 0 bridgehead atoms. The van der Waals surface area contributed by atoms with Crippen LogP contribution < -0.4 is 5.73 Å². The molecule has 0 saturated heterocycles. The van der Waals surface area contributed by atoms with E-state index in [0.717, 1.165) is 14.7 Å². The summed E-state index contributed by atoms with van der Waals surface area (Å²) in [7, 11) is 0.